The highest BCUT2D eigenvalue weighted by Crippen LogP contribution is 2.50. The lowest BCUT2D eigenvalue weighted by atomic mass is 10.2. The molecule has 1 aliphatic heterocycles. The van der Waals surface area contributed by atoms with E-state index in [0.717, 1.165) is 18.4 Å². The monoisotopic (exact) mass is 338 g/mol. The van der Waals surface area contributed by atoms with Crippen LogP contribution in [0.2, 0.25) is 0 Å². The van der Waals surface area contributed by atoms with Gasteiger partial charge < -0.3 is 9.64 Å². The Kier molecular flexibility index (Phi) is 4.59. The number of benzene rings is 1. The van der Waals surface area contributed by atoms with Crippen LogP contribution in [0.3, 0.4) is 0 Å². The minimum absolute atomic E-state index is 0.166. The highest BCUT2D eigenvalue weighted by molar-refractivity contribution is 7.90. The second kappa shape index (κ2) is 6.49. The average Bonchev–Trinajstić information content (AvgIpc) is 3.29. The summed E-state index contributed by atoms with van der Waals surface area (Å²) in [5.41, 5.74) is 0.957. The molecule has 126 valence electrons. The van der Waals surface area contributed by atoms with Crippen LogP contribution in [0.4, 0.5) is 4.79 Å². The summed E-state index contributed by atoms with van der Waals surface area (Å²) in [5.74, 6) is 0.332. The summed E-state index contributed by atoms with van der Waals surface area (Å²) in [4.78, 5) is 13.8. The first kappa shape index (κ1) is 16.3. The zero-order valence-electron chi connectivity index (χ0n) is 13.1. The van der Waals surface area contributed by atoms with Crippen LogP contribution in [0, 0.1) is 11.8 Å². The third-order valence-corrected chi connectivity index (χ3v) is 6.81. The lowest BCUT2D eigenvalue weighted by Crippen LogP contribution is -2.34. The summed E-state index contributed by atoms with van der Waals surface area (Å²) >= 11 is 0. The number of sulfonamides is 1. The summed E-state index contributed by atoms with van der Waals surface area (Å²) in [5, 5.41) is -0.282. The maximum absolute atomic E-state index is 12.2. The number of ether oxygens (including phenoxy) is 1. The average molecular weight is 338 g/mol. The maximum Gasteiger partial charge on any atom is 0.410 e. The number of hydrogen-bond donors (Lipinski definition) is 1. The van der Waals surface area contributed by atoms with Crippen LogP contribution < -0.4 is 4.72 Å². The van der Waals surface area contributed by atoms with Crippen molar-refractivity contribution < 1.29 is 17.9 Å². The summed E-state index contributed by atoms with van der Waals surface area (Å²) in [6, 6.07) is 9.56. The van der Waals surface area contributed by atoms with Crippen molar-refractivity contribution in [2.45, 2.75) is 24.7 Å². The Labute approximate surface area is 136 Å². The summed E-state index contributed by atoms with van der Waals surface area (Å²) in [7, 11) is -1.73. The molecule has 1 heterocycles. The molecule has 2 fully saturated rings. The number of likely N-dealkylation sites (tertiary alicyclic amines) is 1. The lowest BCUT2D eigenvalue weighted by Gasteiger charge is -2.21. The number of nitrogens with one attached hydrogen (secondary N) is 1. The van der Waals surface area contributed by atoms with Crippen molar-refractivity contribution in [1.82, 2.24) is 9.62 Å². The first-order valence-electron chi connectivity index (χ1n) is 7.91. The Hall–Kier alpha value is -1.60. The quantitative estimate of drug-likeness (QED) is 0.904. The molecule has 1 aliphatic carbocycles. The van der Waals surface area contributed by atoms with Gasteiger partial charge in [0, 0.05) is 13.1 Å². The second-order valence-corrected chi connectivity index (χ2v) is 8.19. The minimum Gasteiger partial charge on any atom is -0.445 e. The van der Waals surface area contributed by atoms with Crippen LogP contribution in [0.5, 0.6) is 0 Å². The van der Waals surface area contributed by atoms with Crippen LogP contribution in [0.15, 0.2) is 30.3 Å². The summed E-state index contributed by atoms with van der Waals surface area (Å²) in [6.45, 7) is 1.38. The molecule has 1 saturated heterocycles. The Morgan fingerprint density at radius 3 is 2.39 bits per heavy atom. The fourth-order valence-corrected chi connectivity index (χ4v) is 5.26. The summed E-state index contributed by atoms with van der Waals surface area (Å²) < 4.78 is 31.6. The number of nitrogens with zero attached hydrogens (tertiary/aromatic N) is 1. The van der Waals surface area contributed by atoms with E-state index in [9.17, 15) is 13.2 Å². The van der Waals surface area contributed by atoms with Gasteiger partial charge in [-0.1, -0.05) is 30.3 Å². The van der Waals surface area contributed by atoms with Crippen LogP contribution in [-0.2, 0) is 21.4 Å². The molecule has 2 aliphatic rings. The van der Waals surface area contributed by atoms with E-state index >= 15 is 0 Å². The molecule has 23 heavy (non-hydrogen) atoms. The Morgan fingerprint density at radius 1 is 1.22 bits per heavy atom. The molecular weight excluding hydrogens is 316 g/mol. The molecule has 1 amide bonds. The van der Waals surface area contributed by atoms with E-state index in [4.69, 9.17) is 4.74 Å². The van der Waals surface area contributed by atoms with E-state index in [1.165, 1.54) is 7.05 Å². The van der Waals surface area contributed by atoms with Gasteiger partial charge in [0.2, 0.25) is 10.0 Å². The van der Waals surface area contributed by atoms with Crippen LogP contribution in [0.1, 0.15) is 18.4 Å². The topological polar surface area (TPSA) is 75.7 Å². The van der Waals surface area contributed by atoms with Crippen LogP contribution in [0.25, 0.3) is 0 Å². The fourth-order valence-electron chi connectivity index (χ4n) is 3.48. The van der Waals surface area contributed by atoms with Gasteiger partial charge in [-0.3, -0.25) is 0 Å². The number of fused-ring (bicyclic) bond motifs is 1. The van der Waals surface area contributed by atoms with Gasteiger partial charge in [-0.25, -0.2) is 17.9 Å². The zero-order valence-corrected chi connectivity index (χ0v) is 14.0. The number of carbonyl (C=O) groups excluding carboxylic acids is 1. The zero-order chi connectivity index (χ0) is 16.4. The molecular formula is C16H22N2O4S. The van der Waals surface area contributed by atoms with Gasteiger partial charge >= 0.3 is 6.09 Å². The molecule has 3 rings (SSSR count). The normalized spacial score (nSPS) is 27.0. The van der Waals surface area contributed by atoms with Gasteiger partial charge in [0.25, 0.3) is 0 Å². The van der Waals surface area contributed by atoms with Crippen molar-refractivity contribution in [1.29, 1.82) is 0 Å². The van der Waals surface area contributed by atoms with E-state index in [1.807, 2.05) is 30.3 Å². The molecule has 0 aromatic heterocycles. The van der Waals surface area contributed by atoms with E-state index in [0.29, 0.717) is 13.1 Å². The van der Waals surface area contributed by atoms with Crippen molar-refractivity contribution in [2.24, 2.45) is 11.8 Å². The van der Waals surface area contributed by atoms with Crippen molar-refractivity contribution in [3.05, 3.63) is 35.9 Å². The van der Waals surface area contributed by atoms with Crippen LogP contribution in [-0.4, -0.2) is 44.8 Å². The van der Waals surface area contributed by atoms with Gasteiger partial charge in [0.05, 0.1) is 5.25 Å². The minimum atomic E-state index is -3.19. The highest BCUT2D eigenvalue weighted by atomic mass is 32.2. The van der Waals surface area contributed by atoms with Crippen molar-refractivity contribution in [3.63, 3.8) is 0 Å². The van der Waals surface area contributed by atoms with Gasteiger partial charge in [-0.15, -0.1) is 0 Å². The van der Waals surface area contributed by atoms with Crippen molar-refractivity contribution >= 4 is 16.1 Å². The third-order valence-electron chi connectivity index (χ3n) is 4.82. The number of carbonyl (C=O) groups is 1. The van der Waals surface area contributed by atoms with E-state index < -0.39 is 10.0 Å². The molecule has 6 nitrogen and oxygen atoms in total. The first-order chi connectivity index (χ1) is 11.0. The molecule has 2 atom stereocenters. The number of rotatable bonds is 4. The highest BCUT2D eigenvalue weighted by Gasteiger charge is 2.57. The molecule has 2 unspecified atom stereocenters. The second-order valence-electron chi connectivity index (χ2n) is 6.15. The number of hydrogen-bond acceptors (Lipinski definition) is 4. The lowest BCUT2D eigenvalue weighted by molar-refractivity contribution is 0.0964. The molecule has 1 aromatic rings. The molecule has 1 N–H and O–H groups in total. The van der Waals surface area contributed by atoms with Gasteiger partial charge in [-0.2, -0.15) is 0 Å². The van der Waals surface area contributed by atoms with E-state index in [2.05, 4.69) is 4.72 Å². The molecule has 1 saturated carbocycles. The molecule has 0 bridgehead atoms. The smallest absolute Gasteiger partial charge is 0.410 e. The largest absolute Gasteiger partial charge is 0.445 e. The van der Waals surface area contributed by atoms with E-state index in [-0.39, 0.29) is 29.8 Å². The van der Waals surface area contributed by atoms with Crippen molar-refractivity contribution in [2.75, 3.05) is 20.1 Å². The molecule has 0 spiro atoms. The molecule has 1 aromatic carbocycles. The Balaban J connectivity index is 1.50. The maximum atomic E-state index is 12.2. The fraction of sp³-hybridized carbons (Fsp3) is 0.562. The summed E-state index contributed by atoms with van der Waals surface area (Å²) in [6.07, 6.45) is 1.12. The van der Waals surface area contributed by atoms with Crippen molar-refractivity contribution in [3.8, 4) is 0 Å². The van der Waals surface area contributed by atoms with Gasteiger partial charge in [0.15, 0.2) is 0 Å². The van der Waals surface area contributed by atoms with Gasteiger partial charge in [-0.05, 0) is 37.3 Å². The Bertz CT molecular complexity index is 648. The predicted molar refractivity (Wildman–Crippen MR) is 86.2 cm³/mol. The van der Waals surface area contributed by atoms with E-state index in [1.54, 1.807) is 4.90 Å². The molecule has 0 radical (unpaired) electrons. The van der Waals surface area contributed by atoms with Crippen LogP contribution >= 0.6 is 0 Å². The van der Waals surface area contributed by atoms with Gasteiger partial charge in [0.1, 0.15) is 6.61 Å². The number of amides is 1. The predicted octanol–water partition coefficient (Wildman–Crippen LogP) is 1.58. The SMILES string of the molecule is CNS(=O)(=O)C1C2CCN(C(=O)OCc3ccccc3)CCC21. The third kappa shape index (κ3) is 3.50. The Morgan fingerprint density at radius 2 is 1.83 bits per heavy atom. The first-order valence-corrected chi connectivity index (χ1v) is 9.45. The standard InChI is InChI=1S/C16H22N2O4S/c1-17-23(20,21)15-13-7-9-18(10-8-14(13)15)16(19)22-11-12-5-3-2-4-6-12/h2-6,13-15,17H,7-11H2,1H3. The molecule has 7 heteroatoms.